The molecule has 1 heterocycles. The second kappa shape index (κ2) is 5.91. The second-order valence-electron chi connectivity index (χ2n) is 2.81. The van der Waals surface area contributed by atoms with Crippen molar-refractivity contribution in [3.63, 3.8) is 0 Å². The first-order valence-corrected chi connectivity index (χ1v) is 4.34. The van der Waals surface area contributed by atoms with E-state index in [2.05, 4.69) is 4.90 Å². The number of nitrogens with zero attached hydrogens (tertiary/aromatic N) is 1. The molecule has 0 aromatic rings. The first kappa shape index (κ1) is 9.42. The van der Waals surface area contributed by atoms with Crippen LogP contribution in [0.1, 0.15) is 6.42 Å². The predicted octanol–water partition coefficient (Wildman–Crippen LogP) is 0.464. The fourth-order valence-electron chi connectivity index (χ4n) is 1.23. The summed E-state index contributed by atoms with van der Waals surface area (Å²) in [6.07, 6.45) is 5.24. The van der Waals surface area contributed by atoms with Crippen molar-refractivity contribution < 1.29 is 9.53 Å². The Kier molecular flexibility index (Phi) is 4.64. The molecule has 0 aromatic heterocycles. The average Bonchev–Trinajstić information content (AvgIpc) is 2.14. The van der Waals surface area contributed by atoms with Crippen LogP contribution in [-0.4, -0.2) is 44.0 Å². The van der Waals surface area contributed by atoms with Gasteiger partial charge >= 0.3 is 0 Å². The quantitative estimate of drug-likeness (QED) is 0.452. The van der Waals surface area contributed by atoms with E-state index in [1.807, 2.05) is 6.08 Å². The van der Waals surface area contributed by atoms with Gasteiger partial charge in [0.2, 0.25) is 0 Å². The van der Waals surface area contributed by atoms with Crippen molar-refractivity contribution in [1.82, 2.24) is 4.90 Å². The zero-order valence-corrected chi connectivity index (χ0v) is 7.24. The van der Waals surface area contributed by atoms with Gasteiger partial charge in [-0.05, 0) is 12.5 Å². The number of aldehydes is 1. The Morgan fingerprint density at radius 1 is 1.33 bits per heavy atom. The van der Waals surface area contributed by atoms with Crippen LogP contribution < -0.4 is 0 Å². The summed E-state index contributed by atoms with van der Waals surface area (Å²) in [5, 5.41) is 0. The third-order valence-electron chi connectivity index (χ3n) is 1.93. The Morgan fingerprint density at radius 3 is 2.75 bits per heavy atom. The molecule has 0 unspecified atom stereocenters. The number of ether oxygens (including phenoxy) is 1. The van der Waals surface area contributed by atoms with Gasteiger partial charge in [-0.25, -0.2) is 0 Å². The number of carbonyl (C=O) groups excluding carboxylic acids is 1. The maximum atomic E-state index is 9.94. The van der Waals surface area contributed by atoms with Crippen molar-refractivity contribution in [3.8, 4) is 0 Å². The Balaban J connectivity index is 2.05. The maximum absolute atomic E-state index is 9.94. The highest BCUT2D eigenvalue weighted by atomic mass is 16.5. The molecule has 1 rings (SSSR count). The zero-order valence-electron chi connectivity index (χ0n) is 7.24. The number of morpholine rings is 1. The summed E-state index contributed by atoms with van der Waals surface area (Å²) in [7, 11) is 0. The van der Waals surface area contributed by atoms with E-state index in [4.69, 9.17) is 4.74 Å². The van der Waals surface area contributed by atoms with Crippen molar-refractivity contribution in [2.45, 2.75) is 6.42 Å². The van der Waals surface area contributed by atoms with Gasteiger partial charge in [-0.3, -0.25) is 9.69 Å². The summed E-state index contributed by atoms with van der Waals surface area (Å²) in [6.45, 7) is 4.77. The fraction of sp³-hybridized carbons (Fsp3) is 0.667. The fourth-order valence-corrected chi connectivity index (χ4v) is 1.23. The molecule has 0 amide bonds. The van der Waals surface area contributed by atoms with E-state index in [1.165, 1.54) is 0 Å². The Labute approximate surface area is 73.0 Å². The molecule has 0 aromatic carbocycles. The highest BCUT2D eigenvalue weighted by Crippen LogP contribution is 1.97. The van der Waals surface area contributed by atoms with Crippen LogP contribution in [0.25, 0.3) is 0 Å². The van der Waals surface area contributed by atoms with Crippen molar-refractivity contribution >= 4 is 6.29 Å². The zero-order chi connectivity index (χ0) is 8.65. The van der Waals surface area contributed by atoms with Gasteiger partial charge in [-0.15, -0.1) is 0 Å². The van der Waals surface area contributed by atoms with Gasteiger partial charge < -0.3 is 4.74 Å². The van der Waals surface area contributed by atoms with Gasteiger partial charge in [-0.1, -0.05) is 6.08 Å². The SMILES string of the molecule is O=C/C=C/CCN1CCOCC1. The molecule has 0 radical (unpaired) electrons. The highest BCUT2D eigenvalue weighted by Gasteiger charge is 2.07. The highest BCUT2D eigenvalue weighted by molar-refractivity contribution is 5.64. The molecule has 12 heavy (non-hydrogen) atoms. The van der Waals surface area contributed by atoms with E-state index in [-0.39, 0.29) is 0 Å². The summed E-state index contributed by atoms with van der Waals surface area (Å²) in [4.78, 5) is 12.3. The minimum Gasteiger partial charge on any atom is -0.379 e. The molecule has 0 aliphatic carbocycles. The summed E-state index contributed by atoms with van der Waals surface area (Å²) < 4.78 is 5.21. The molecule has 68 valence electrons. The van der Waals surface area contributed by atoms with Crippen LogP contribution in [0.4, 0.5) is 0 Å². The van der Waals surface area contributed by atoms with Crippen LogP contribution in [0.15, 0.2) is 12.2 Å². The number of hydrogen-bond donors (Lipinski definition) is 0. The van der Waals surface area contributed by atoms with Crippen LogP contribution in [0.3, 0.4) is 0 Å². The number of hydrogen-bond acceptors (Lipinski definition) is 3. The molecule has 3 heteroatoms. The minimum atomic E-state index is 0.819. The lowest BCUT2D eigenvalue weighted by Gasteiger charge is -2.25. The van der Waals surface area contributed by atoms with Crippen molar-refractivity contribution in [3.05, 3.63) is 12.2 Å². The second-order valence-corrected chi connectivity index (χ2v) is 2.81. The third-order valence-corrected chi connectivity index (χ3v) is 1.93. The molecule has 3 nitrogen and oxygen atoms in total. The Hall–Kier alpha value is -0.670. The largest absolute Gasteiger partial charge is 0.379 e. The van der Waals surface area contributed by atoms with E-state index < -0.39 is 0 Å². The molecular formula is C9H15NO2. The summed E-state index contributed by atoms with van der Waals surface area (Å²) >= 11 is 0. The molecule has 1 aliphatic heterocycles. The minimum absolute atomic E-state index is 0.819. The van der Waals surface area contributed by atoms with E-state index in [0.717, 1.165) is 45.6 Å². The van der Waals surface area contributed by atoms with Crippen molar-refractivity contribution in [1.29, 1.82) is 0 Å². The number of allylic oxidation sites excluding steroid dienone is 1. The summed E-state index contributed by atoms with van der Waals surface area (Å²) in [5.41, 5.74) is 0. The lowest BCUT2D eigenvalue weighted by molar-refractivity contribution is -0.104. The van der Waals surface area contributed by atoms with Crippen LogP contribution >= 0.6 is 0 Å². The Bertz CT molecular complexity index is 151. The molecule has 0 atom stereocenters. The van der Waals surface area contributed by atoms with Crippen LogP contribution in [-0.2, 0) is 9.53 Å². The number of carbonyl (C=O) groups is 1. The molecular weight excluding hydrogens is 154 g/mol. The standard InChI is InChI=1S/C9H15NO2/c11-7-3-1-2-4-10-5-8-12-9-6-10/h1,3,7H,2,4-6,8-9H2/b3-1+. The maximum Gasteiger partial charge on any atom is 0.142 e. The topological polar surface area (TPSA) is 29.5 Å². The molecule has 0 saturated carbocycles. The van der Waals surface area contributed by atoms with Gasteiger partial charge in [0.15, 0.2) is 0 Å². The molecule has 0 N–H and O–H groups in total. The van der Waals surface area contributed by atoms with Gasteiger partial charge in [0.25, 0.3) is 0 Å². The van der Waals surface area contributed by atoms with Gasteiger partial charge in [0.05, 0.1) is 13.2 Å². The number of rotatable bonds is 4. The van der Waals surface area contributed by atoms with Gasteiger partial charge in [0, 0.05) is 19.6 Å². The molecule has 0 bridgehead atoms. The van der Waals surface area contributed by atoms with Crippen LogP contribution in [0.2, 0.25) is 0 Å². The lowest BCUT2D eigenvalue weighted by atomic mass is 10.3. The molecule has 1 aliphatic rings. The van der Waals surface area contributed by atoms with E-state index >= 15 is 0 Å². The monoisotopic (exact) mass is 169 g/mol. The Morgan fingerprint density at radius 2 is 2.08 bits per heavy atom. The van der Waals surface area contributed by atoms with E-state index in [1.54, 1.807) is 6.08 Å². The third kappa shape index (κ3) is 3.64. The first-order valence-electron chi connectivity index (χ1n) is 4.34. The molecule has 0 spiro atoms. The smallest absolute Gasteiger partial charge is 0.142 e. The first-order chi connectivity index (χ1) is 5.93. The average molecular weight is 169 g/mol. The summed E-state index contributed by atoms with van der Waals surface area (Å²) in [5.74, 6) is 0. The lowest BCUT2D eigenvalue weighted by Crippen LogP contribution is -2.36. The van der Waals surface area contributed by atoms with Gasteiger partial charge in [-0.2, -0.15) is 0 Å². The van der Waals surface area contributed by atoms with Crippen LogP contribution in [0, 0.1) is 0 Å². The predicted molar refractivity (Wildman–Crippen MR) is 47.1 cm³/mol. The van der Waals surface area contributed by atoms with Gasteiger partial charge in [0.1, 0.15) is 6.29 Å². The summed E-state index contributed by atoms with van der Waals surface area (Å²) in [6, 6.07) is 0. The molecule has 1 saturated heterocycles. The van der Waals surface area contributed by atoms with Crippen molar-refractivity contribution in [2.75, 3.05) is 32.8 Å². The van der Waals surface area contributed by atoms with Crippen LogP contribution in [0.5, 0.6) is 0 Å². The van der Waals surface area contributed by atoms with E-state index in [9.17, 15) is 4.79 Å². The molecule has 1 fully saturated rings. The normalized spacial score (nSPS) is 20.0. The van der Waals surface area contributed by atoms with E-state index in [0.29, 0.717) is 0 Å². The van der Waals surface area contributed by atoms with Crippen molar-refractivity contribution in [2.24, 2.45) is 0 Å².